The SMILES string of the molecule is CC=C(C)[SiH2]CCC[Si](C)(C)COC(=O)O. The molecule has 0 aliphatic carbocycles. The monoisotopic (exact) mass is 260 g/mol. The van der Waals surface area contributed by atoms with E-state index in [1.807, 2.05) is 0 Å². The van der Waals surface area contributed by atoms with Crippen molar-refractivity contribution in [3.8, 4) is 0 Å². The first-order chi connectivity index (χ1) is 7.37. The van der Waals surface area contributed by atoms with Crippen molar-refractivity contribution < 1.29 is 14.6 Å². The van der Waals surface area contributed by atoms with Gasteiger partial charge in [-0.25, -0.2) is 4.79 Å². The van der Waals surface area contributed by atoms with Crippen LogP contribution in [0.1, 0.15) is 20.3 Å². The van der Waals surface area contributed by atoms with E-state index in [0.29, 0.717) is 6.23 Å². The molecule has 0 aliphatic rings. The van der Waals surface area contributed by atoms with Gasteiger partial charge in [-0.1, -0.05) is 42.9 Å². The quantitative estimate of drug-likeness (QED) is 0.435. The minimum Gasteiger partial charge on any atom is -0.450 e. The molecule has 0 amide bonds. The number of ether oxygens (including phenoxy) is 1. The lowest BCUT2D eigenvalue weighted by molar-refractivity contribution is 0.105. The van der Waals surface area contributed by atoms with Crippen molar-refractivity contribution in [2.24, 2.45) is 0 Å². The molecule has 0 heterocycles. The minimum absolute atomic E-state index is 0.0367. The van der Waals surface area contributed by atoms with E-state index in [2.05, 4.69) is 37.8 Å². The Morgan fingerprint density at radius 2 is 2.12 bits per heavy atom. The fourth-order valence-electron chi connectivity index (χ4n) is 1.48. The summed E-state index contributed by atoms with van der Waals surface area (Å²) >= 11 is 0. The molecule has 5 heteroatoms. The average Bonchev–Trinajstić information content (AvgIpc) is 2.21. The third kappa shape index (κ3) is 8.73. The first-order valence-corrected chi connectivity index (χ1v) is 11.0. The molecule has 0 bridgehead atoms. The summed E-state index contributed by atoms with van der Waals surface area (Å²) in [5, 5.41) is 10.0. The second kappa shape index (κ2) is 7.67. The minimum atomic E-state index is -1.45. The molecule has 1 N–H and O–H groups in total. The highest BCUT2D eigenvalue weighted by Crippen LogP contribution is 2.15. The summed E-state index contributed by atoms with van der Waals surface area (Å²) in [6.45, 7) is 8.70. The van der Waals surface area contributed by atoms with Crippen LogP contribution in [0.3, 0.4) is 0 Å². The molecule has 0 aliphatic heterocycles. The van der Waals surface area contributed by atoms with Gasteiger partial charge in [0.15, 0.2) is 0 Å². The Labute approximate surface area is 102 Å². The van der Waals surface area contributed by atoms with Crippen molar-refractivity contribution in [3.63, 3.8) is 0 Å². The van der Waals surface area contributed by atoms with Crippen LogP contribution in [0.2, 0.25) is 25.2 Å². The summed E-state index contributed by atoms with van der Waals surface area (Å²) in [5.74, 6) is 0. The van der Waals surface area contributed by atoms with Crippen molar-refractivity contribution in [2.75, 3.05) is 6.23 Å². The summed E-state index contributed by atoms with van der Waals surface area (Å²) in [5.41, 5.74) is 0. The third-order valence-corrected chi connectivity index (χ3v) is 7.44. The maximum absolute atomic E-state index is 10.3. The Hall–Kier alpha value is -0.556. The molecule has 0 aromatic carbocycles. The maximum Gasteiger partial charge on any atom is 0.505 e. The van der Waals surface area contributed by atoms with Crippen LogP contribution in [0.25, 0.3) is 0 Å². The number of hydrogen-bond acceptors (Lipinski definition) is 2. The number of rotatable bonds is 7. The molecule has 0 unspecified atom stereocenters. The first-order valence-electron chi connectivity index (χ1n) is 5.85. The lowest BCUT2D eigenvalue weighted by atomic mass is 10.6. The van der Waals surface area contributed by atoms with Gasteiger partial charge in [-0.3, -0.25) is 0 Å². The molecule has 16 heavy (non-hydrogen) atoms. The van der Waals surface area contributed by atoms with Gasteiger partial charge in [0, 0.05) is 9.52 Å². The number of hydrogen-bond donors (Lipinski definition) is 1. The molecule has 0 atom stereocenters. The number of allylic oxidation sites excluding steroid dienone is 2. The molecule has 0 rings (SSSR count). The highest BCUT2D eigenvalue weighted by molar-refractivity contribution is 6.77. The largest absolute Gasteiger partial charge is 0.505 e. The van der Waals surface area contributed by atoms with Crippen LogP contribution in [0.4, 0.5) is 4.79 Å². The van der Waals surface area contributed by atoms with Gasteiger partial charge >= 0.3 is 6.16 Å². The second-order valence-electron chi connectivity index (χ2n) is 5.06. The molecule has 0 saturated heterocycles. The lowest BCUT2D eigenvalue weighted by Crippen LogP contribution is -2.33. The highest BCUT2D eigenvalue weighted by Gasteiger charge is 2.22. The van der Waals surface area contributed by atoms with E-state index in [1.165, 1.54) is 18.5 Å². The zero-order chi connectivity index (χ0) is 12.6. The molecule has 0 aromatic heterocycles. The number of carboxylic acid groups (broad SMARTS) is 1. The van der Waals surface area contributed by atoms with Gasteiger partial charge < -0.3 is 9.84 Å². The molecule has 3 nitrogen and oxygen atoms in total. The smallest absolute Gasteiger partial charge is 0.450 e. The fraction of sp³-hybridized carbons (Fsp3) is 0.727. The fourth-order valence-corrected chi connectivity index (χ4v) is 5.19. The molecule has 0 saturated carbocycles. The van der Waals surface area contributed by atoms with Crippen LogP contribution in [0, 0.1) is 0 Å². The first kappa shape index (κ1) is 15.4. The Bertz CT molecular complexity index is 250. The zero-order valence-electron chi connectivity index (χ0n) is 10.9. The topological polar surface area (TPSA) is 46.5 Å². The van der Waals surface area contributed by atoms with Crippen molar-refractivity contribution >= 4 is 23.7 Å². The zero-order valence-corrected chi connectivity index (χ0v) is 13.3. The van der Waals surface area contributed by atoms with E-state index in [1.54, 1.807) is 5.20 Å². The van der Waals surface area contributed by atoms with Gasteiger partial charge in [0.25, 0.3) is 0 Å². The summed E-state index contributed by atoms with van der Waals surface area (Å²) in [6, 6.07) is 2.50. The maximum atomic E-state index is 10.3. The average molecular weight is 260 g/mol. The van der Waals surface area contributed by atoms with Crippen LogP contribution in [0.5, 0.6) is 0 Å². The van der Waals surface area contributed by atoms with Crippen LogP contribution in [0.15, 0.2) is 11.3 Å². The van der Waals surface area contributed by atoms with Crippen molar-refractivity contribution in [1.29, 1.82) is 0 Å². The van der Waals surface area contributed by atoms with Crippen molar-refractivity contribution in [3.05, 3.63) is 11.3 Å². The standard InChI is InChI=1S/C11H24O3Si2/c1-5-10(2)15-7-6-8-16(3,4)9-14-11(12)13/h5H,6-9,15H2,1-4H3,(H,12,13). The summed E-state index contributed by atoms with van der Waals surface area (Å²) < 4.78 is 4.68. The van der Waals surface area contributed by atoms with E-state index >= 15 is 0 Å². The molecular formula is C11H24O3Si2. The Morgan fingerprint density at radius 1 is 1.50 bits per heavy atom. The molecule has 0 radical (unpaired) electrons. The Balaban J connectivity index is 3.69. The van der Waals surface area contributed by atoms with Gasteiger partial charge in [-0.2, -0.15) is 0 Å². The van der Waals surface area contributed by atoms with Crippen LogP contribution >= 0.6 is 0 Å². The van der Waals surface area contributed by atoms with Gasteiger partial charge in [-0.05, 0) is 13.8 Å². The summed E-state index contributed by atoms with van der Waals surface area (Å²) in [4.78, 5) is 10.3. The van der Waals surface area contributed by atoms with Gasteiger partial charge in [-0.15, -0.1) is 0 Å². The van der Waals surface area contributed by atoms with E-state index in [4.69, 9.17) is 5.11 Å². The third-order valence-electron chi connectivity index (χ3n) is 2.75. The lowest BCUT2D eigenvalue weighted by Gasteiger charge is -2.20. The predicted octanol–water partition coefficient (Wildman–Crippen LogP) is 2.83. The van der Waals surface area contributed by atoms with Gasteiger partial charge in [0.05, 0.1) is 14.3 Å². The molecular weight excluding hydrogens is 236 g/mol. The molecule has 94 valence electrons. The van der Waals surface area contributed by atoms with E-state index in [-0.39, 0.29) is 9.52 Å². The molecule has 0 spiro atoms. The van der Waals surface area contributed by atoms with E-state index < -0.39 is 14.2 Å². The van der Waals surface area contributed by atoms with E-state index in [0.717, 1.165) is 0 Å². The van der Waals surface area contributed by atoms with Crippen LogP contribution in [-0.2, 0) is 4.74 Å². The Kier molecular flexibility index (Phi) is 7.41. The number of carbonyl (C=O) groups is 1. The Morgan fingerprint density at radius 3 is 2.62 bits per heavy atom. The molecule has 0 aromatic rings. The van der Waals surface area contributed by atoms with Crippen LogP contribution < -0.4 is 0 Å². The van der Waals surface area contributed by atoms with Gasteiger partial charge in [0.1, 0.15) is 0 Å². The second-order valence-corrected chi connectivity index (χ2v) is 12.5. The summed E-state index contributed by atoms with van der Waals surface area (Å²) in [7, 11) is -1.49. The van der Waals surface area contributed by atoms with Crippen LogP contribution in [-0.4, -0.2) is 35.1 Å². The van der Waals surface area contributed by atoms with Crippen molar-refractivity contribution in [1.82, 2.24) is 0 Å². The summed E-state index contributed by atoms with van der Waals surface area (Å²) in [6.07, 6.45) is 2.74. The molecule has 0 fully saturated rings. The van der Waals surface area contributed by atoms with Crippen molar-refractivity contribution in [2.45, 2.75) is 45.5 Å². The van der Waals surface area contributed by atoms with Gasteiger partial charge in [0.2, 0.25) is 0 Å². The normalized spacial score (nSPS) is 13.4. The van der Waals surface area contributed by atoms with E-state index in [9.17, 15) is 4.79 Å². The highest BCUT2D eigenvalue weighted by atomic mass is 28.3. The predicted molar refractivity (Wildman–Crippen MR) is 73.7 cm³/mol.